The zero-order chi connectivity index (χ0) is 23.4. The van der Waals surface area contributed by atoms with Gasteiger partial charge < -0.3 is 4.74 Å². The van der Waals surface area contributed by atoms with Gasteiger partial charge in [-0.15, -0.1) is 0 Å². The molecule has 3 rings (SSSR count). The summed E-state index contributed by atoms with van der Waals surface area (Å²) in [7, 11) is 0. The largest absolute Gasteiger partial charge is 0.462 e. The fourth-order valence-electron chi connectivity index (χ4n) is 4.48. The highest BCUT2D eigenvalue weighted by molar-refractivity contribution is 5.89. The summed E-state index contributed by atoms with van der Waals surface area (Å²) in [6.45, 7) is 13.8. The molecule has 1 aromatic heterocycles. The summed E-state index contributed by atoms with van der Waals surface area (Å²) in [5.41, 5.74) is 6.85. The van der Waals surface area contributed by atoms with Gasteiger partial charge in [0.25, 0.3) is 0 Å². The third-order valence-electron chi connectivity index (χ3n) is 6.73. The van der Waals surface area contributed by atoms with Crippen molar-refractivity contribution in [3.05, 3.63) is 64.0 Å². The van der Waals surface area contributed by atoms with Gasteiger partial charge in [-0.1, -0.05) is 59.4 Å². The average Bonchev–Trinajstić information content (AvgIpc) is 2.76. The van der Waals surface area contributed by atoms with E-state index >= 15 is 0 Å². The summed E-state index contributed by atoms with van der Waals surface area (Å²) in [6, 6.07) is 8.31. The van der Waals surface area contributed by atoms with Gasteiger partial charge in [-0.25, -0.2) is 9.78 Å². The van der Waals surface area contributed by atoms with Crippen molar-refractivity contribution in [1.82, 2.24) is 4.98 Å². The zero-order valence-electron chi connectivity index (χ0n) is 20.6. The van der Waals surface area contributed by atoms with Crippen LogP contribution in [-0.4, -0.2) is 17.6 Å². The number of rotatable bonds is 6. The van der Waals surface area contributed by atoms with Gasteiger partial charge in [0.1, 0.15) is 5.69 Å². The van der Waals surface area contributed by atoms with Crippen molar-refractivity contribution in [2.24, 2.45) is 0 Å². The molecule has 170 valence electrons. The molecule has 0 unspecified atom stereocenters. The van der Waals surface area contributed by atoms with Crippen LogP contribution in [0.25, 0.3) is 0 Å². The Kier molecular flexibility index (Phi) is 7.44. The standard InChI is InChI=1S/C29H37NO2/c1-7-9-10-11-21-18-25-26(29(5,6)17-16-28(25,3)4)19-22(21)12-14-24-15-13-23(20-30-24)27(31)32-8-2/h13,15,18-20H,7-11,16-17H2,1-6H3. The van der Waals surface area contributed by atoms with Crippen molar-refractivity contribution in [3.63, 3.8) is 0 Å². The molecule has 1 heterocycles. The molecular weight excluding hydrogens is 394 g/mol. The number of aromatic nitrogens is 1. The normalized spacial score (nSPS) is 15.9. The molecule has 0 spiro atoms. The molecule has 3 heteroatoms. The highest BCUT2D eigenvalue weighted by Crippen LogP contribution is 2.46. The van der Waals surface area contributed by atoms with Crippen LogP contribution in [0.5, 0.6) is 0 Å². The Morgan fingerprint density at radius 3 is 2.28 bits per heavy atom. The molecule has 1 aromatic carbocycles. The number of fused-ring (bicyclic) bond motifs is 1. The summed E-state index contributed by atoms with van der Waals surface area (Å²) in [4.78, 5) is 16.2. The lowest BCUT2D eigenvalue weighted by Crippen LogP contribution is -2.34. The van der Waals surface area contributed by atoms with Crippen molar-refractivity contribution in [1.29, 1.82) is 0 Å². The Morgan fingerprint density at radius 1 is 1.00 bits per heavy atom. The second kappa shape index (κ2) is 9.90. The first-order valence-corrected chi connectivity index (χ1v) is 12.0. The first-order chi connectivity index (χ1) is 15.2. The van der Waals surface area contributed by atoms with Gasteiger partial charge in [-0.05, 0) is 84.2 Å². The quantitative estimate of drug-likeness (QED) is 0.289. The van der Waals surface area contributed by atoms with Crippen molar-refractivity contribution >= 4 is 5.97 Å². The molecule has 1 aliphatic rings. The third kappa shape index (κ3) is 5.41. The number of unbranched alkanes of at least 4 members (excludes halogenated alkanes) is 2. The number of ether oxygens (including phenoxy) is 1. The highest BCUT2D eigenvalue weighted by atomic mass is 16.5. The summed E-state index contributed by atoms with van der Waals surface area (Å²) >= 11 is 0. The minimum absolute atomic E-state index is 0.156. The van der Waals surface area contributed by atoms with E-state index in [-0.39, 0.29) is 16.8 Å². The number of carbonyl (C=O) groups excluding carboxylic acids is 1. The smallest absolute Gasteiger partial charge is 0.339 e. The van der Waals surface area contributed by atoms with E-state index in [1.54, 1.807) is 25.3 Å². The molecular formula is C29H37NO2. The first-order valence-electron chi connectivity index (χ1n) is 12.0. The third-order valence-corrected chi connectivity index (χ3v) is 6.73. The highest BCUT2D eigenvalue weighted by Gasteiger charge is 2.37. The molecule has 0 atom stereocenters. The number of esters is 1. The zero-order valence-corrected chi connectivity index (χ0v) is 20.6. The average molecular weight is 432 g/mol. The fourth-order valence-corrected chi connectivity index (χ4v) is 4.48. The molecule has 0 amide bonds. The van der Waals surface area contributed by atoms with E-state index < -0.39 is 0 Å². The second-order valence-corrected chi connectivity index (χ2v) is 10.2. The second-order valence-electron chi connectivity index (χ2n) is 10.2. The van der Waals surface area contributed by atoms with E-state index in [2.05, 4.69) is 63.6 Å². The maximum atomic E-state index is 11.9. The van der Waals surface area contributed by atoms with Crippen LogP contribution < -0.4 is 0 Å². The van der Waals surface area contributed by atoms with Gasteiger partial charge in [-0.3, -0.25) is 0 Å². The Bertz CT molecular complexity index is 1020. The molecule has 2 aromatic rings. The fraction of sp³-hybridized carbons (Fsp3) is 0.517. The SMILES string of the molecule is CCCCCc1cc2c(cc1C#Cc1ccc(C(=O)OCC)cn1)C(C)(C)CCC2(C)C. The van der Waals surface area contributed by atoms with Gasteiger partial charge >= 0.3 is 5.97 Å². The Hall–Kier alpha value is -2.60. The van der Waals surface area contributed by atoms with Crippen LogP contribution >= 0.6 is 0 Å². The molecule has 0 radical (unpaired) electrons. The van der Waals surface area contributed by atoms with Crippen LogP contribution in [0.3, 0.4) is 0 Å². The van der Waals surface area contributed by atoms with Crippen LogP contribution in [0, 0.1) is 11.8 Å². The molecule has 0 N–H and O–H groups in total. The number of hydrogen-bond donors (Lipinski definition) is 0. The van der Waals surface area contributed by atoms with Crippen molar-refractivity contribution < 1.29 is 9.53 Å². The summed E-state index contributed by atoms with van der Waals surface area (Å²) in [5.74, 6) is 6.30. The Morgan fingerprint density at radius 2 is 1.69 bits per heavy atom. The topological polar surface area (TPSA) is 39.2 Å². The molecule has 32 heavy (non-hydrogen) atoms. The summed E-state index contributed by atoms with van der Waals surface area (Å²) < 4.78 is 5.03. The van der Waals surface area contributed by atoms with E-state index in [1.807, 2.05) is 0 Å². The Balaban J connectivity index is 1.99. The van der Waals surface area contributed by atoms with Crippen LogP contribution in [0.4, 0.5) is 0 Å². The van der Waals surface area contributed by atoms with Crippen LogP contribution in [-0.2, 0) is 22.0 Å². The predicted molar refractivity (Wildman–Crippen MR) is 131 cm³/mol. The van der Waals surface area contributed by atoms with Crippen molar-refractivity contribution in [2.75, 3.05) is 6.61 Å². The monoisotopic (exact) mass is 431 g/mol. The molecule has 0 saturated carbocycles. The molecule has 1 aliphatic carbocycles. The van der Waals surface area contributed by atoms with Crippen LogP contribution in [0.2, 0.25) is 0 Å². The van der Waals surface area contributed by atoms with E-state index in [4.69, 9.17) is 4.74 Å². The Labute approximate surface area is 194 Å². The molecule has 3 nitrogen and oxygen atoms in total. The van der Waals surface area contributed by atoms with Gasteiger partial charge in [-0.2, -0.15) is 0 Å². The number of hydrogen-bond acceptors (Lipinski definition) is 3. The number of nitrogens with zero attached hydrogens (tertiary/aromatic N) is 1. The maximum absolute atomic E-state index is 11.9. The van der Waals surface area contributed by atoms with E-state index in [1.165, 1.54) is 48.8 Å². The van der Waals surface area contributed by atoms with Gasteiger partial charge in [0, 0.05) is 11.8 Å². The summed E-state index contributed by atoms with van der Waals surface area (Å²) in [5, 5.41) is 0. The van der Waals surface area contributed by atoms with Crippen molar-refractivity contribution in [2.45, 2.75) is 90.9 Å². The lowest BCUT2D eigenvalue weighted by Gasteiger charge is -2.42. The van der Waals surface area contributed by atoms with E-state index in [9.17, 15) is 4.79 Å². The number of benzene rings is 1. The number of pyridine rings is 1. The summed E-state index contributed by atoms with van der Waals surface area (Å²) in [6.07, 6.45) is 8.62. The maximum Gasteiger partial charge on any atom is 0.339 e. The lowest BCUT2D eigenvalue weighted by atomic mass is 9.62. The predicted octanol–water partition coefficient (Wildman–Crippen LogP) is 6.74. The first kappa shape index (κ1) is 24.1. The van der Waals surface area contributed by atoms with Gasteiger partial charge in [0.05, 0.1) is 12.2 Å². The molecule has 0 saturated heterocycles. The molecule has 0 bridgehead atoms. The van der Waals surface area contributed by atoms with Gasteiger partial charge in [0.15, 0.2) is 0 Å². The molecule has 0 aliphatic heterocycles. The number of carbonyl (C=O) groups is 1. The van der Waals surface area contributed by atoms with E-state index in [0.29, 0.717) is 17.9 Å². The minimum Gasteiger partial charge on any atom is -0.462 e. The number of aryl methyl sites for hydroxylation is 1. The molecule has 0 fully saturated rings. The van der Waals surface area contributed by atoms with Gasteiger partial charge in [0.2, 0.25) is 0 Å². The van der Waals surface area contributed by atoms with E-state index in [0.717, 1.165) is 12.0 Å². The van der Waals surface area contributed by atoms with Crippen LogP contribution in [0.1, 0.15) is 112 Å². The van der Waals surface area contributed by atoms with Crippen LogP contribution in [0.15, 0.2) is 30.5 Å². The lowest BCUT2D eigenvalue weighted by molar-refractivity contribution is 0.0526. The van der Waals surface area contributed by atoms with Crippen molar-refractivity contribution in [3.8, 4) is 11.8 Å². The minimum atomic E-state index is -0.350.